The van der Waals surface area contributed by atoms with Gasteiger partial charge >= 0.3 is 0 Å². The average molecular weight is 232 g/mol. The monoisotopic (exact) mass is 232 g/mol. The highest BCUT2D eigenvalue weighted by Gasteiger charge is 2.00. The topological polar surface area (TPSA) is 46.5 Å². The SMILES string of the molecule is COc1ccc(C#CCCCCO)c(C=O)c1. The molecule has 0 saturated heterocycles. The van der Waals surface area contributed by atoms with Crippen molar-refractivity contribution in [3.05, 3.63) is 29.3 Å². The van der Waals surface area contributed by atoms with Crippen LogP contribution >= 0.6 is 0 Å². The minimum atomic E-state index is 0.198. The molecule has 0 amide bonds. The molecule has 3 nitrogen and oxygen atoms in total. The number of ether oxygens (including phenoxy) is 1. The lowest BCUT2D eigenvalue weighted by molar-refractivity contribution is 0.112. The number of carbonyl (C=O) groups excluding carboxylic acids is 1. The Balaban J connectivity index is 2.73. The van der Waals surface area contributed by atoms with Gasteiger partial charge in [0.25, 0.3) is 0 Å². The fourth-order valence-corrected chi connectivity index (χ4v) is 1.36. The third-order valence-corrected chi connectivity index (χ3v) is 2.32. The van der Waals surface area contributed by atoms with Gasteiger partial charge in [0.05, 0.1) is 7.11 Å². The standard InChI is InChI=1S/C14H16O3/c1-17-14-8-7-12(13(10-14)11-16)6-4-2-3-5-9-15/h7-8,10-11,15H,2-3,5,9H2,1H3. The summed E-state index contributed by atoms with van der Waals surface area (Å²) in [5.41, 5.74) is 1.25. The molecule has 0 aliphatic carbocycles. The highest BCUT2D eigenvalue weighted by atomic mass is 16.5. The average Bonchev–Trinajstić information content (AvgIpc) is 2.38. The molecule has 0 unspecified atom stereocenters. The van der Waals surface area contributed by atoms with Gasteiger partial charge in [-0.1, -0.05) is 11.8 Å². The maximum absolute atomic E-state index is 10.9. The molecule has 0 fully saturated rings. The number of methoxy groups -OCH3 is 1. The molecule has 1 rings (SSSR count). The molecule has 1 N–H and O–H groups in total. The van der Waals surface area contributed by atoms with E-state index in [1.165, 1.54) is 0 Å². The fraction of sp³-hybridized carbons (Fsp3) is 0.357. The molecular weight excluding hydrogens is 216 g/mol. The van der Waals surface area contributed by atoms with Crippen LogP contribution in [0.15, 0.2) is 18.2 Å². The second kappa shape index (κ2) is 7.48. The van der Waals surface area contributed by atoms with Gasteiger partial charge in [0, 0.05) is 24.2 Å². The van der Waals surface area contributed by atoms with E-state index in [9.17, 15) is 4.79 Å². The van der Waals surface area contributed by atoms with Gasteiger partial charge in [-0.2, -0.15) is 0 Å². The van der Waals surface area contributed by atoms with Crippen molar-refractivity contribution in [1.82, 2.24) is 0 Å². The summed E-state index contributed by atoms with van der Waals surface area (Å²) in [5.74, 6) is 6.59. The van der Waals surface area contributed by atoms with Gasteiger partial charge < -0.3 is 9.84 Å². The molecule has 0 aliphatic rings. The highest BCUT2D eigenvalue weighted by Crippen LogP contribution is 2.15. The lowest BCUT2D eigenvalue weighted by Crippen LogP contribution is -1.90. The molecule has 0 atom stereocenters. The van der Waals surface area contributed by atoms with E-state index < -0.39 is 0 Å². The summed E-state index contributed by atoms with van der Waals surface area (Å²) in [6.45, 7) is 0.198. The predicted molar refractivity (Wildman–Crippen MR) is 66.2 cm³/mol. The van der Waals surface area contributed by atoms with Gasteiger partial charge in [0.2, 0.25) is 0 Å². The Labute approximate surface area is 101 Å². The van der Waals surface area contributed by atoms with E-state index in [-0.39, 0.29) is 6.61 Å². The first-order valence-corrected chi connectivity index (χ1v) is 5.54. The molecular formula is C14H16O3. The number of rotatable bonds is 5. The zero-order valence-corrected chi connectivity index (χ0v) is 9.90. The number of hydrogen-bond donors (Lipinski definition) is 1. The first-order chi connectivity index (χ1) is 8.31. The zero-order chi connectivity index (χ0) is 12.5. The van der Waals surface area contributed by atoms with E-state index in [1.54, 1.807) is 25.3 Å². The molecule has 0 bridgehead atoms. The summed E-state index contributed by atoms with van der Waals surface area (Å²) in [4.78, 5) is 10.9. The lowest BCUT2D eigenvalue weighted by Gasteiger charge is -2.01. The van der Waals surface area contributed by atoms with Gasteiger partial charge in [-0.25, -0.2) is 0 Å². The fourth-order valence-electron chi connectivity index (χ4n) is 1.36. The first-order valence-electron chi connectivity index (χ1n) is 5.54. The maximum Gasteiger partial charge on any atom is 0.151 e. The number of aliphatic hydroxyl groups is 1. The van der Waals surface area contributed by atoms with Gasteiger partial charge in [0.15, 0.2) is 6.29 Å². The first kappa shape index (κ1) is 13.3. The largest absolute Gasteiger partial charge is 0.497 e. The van der Waals surface area contributed by atoms with Crippen molar-refractivity contribution in [3.63, 3.8) is 0 Å². The molecule has 1 aromatic carbocycles. The number of hydrogen-bond acceptors (Lipinski definition) is 3. The summed E-state index contributed by atoms with van der Waals surface area (Å²) in [7, 11) is 1.56. The number of unbranched alkanes of at least 4 members (excludes halogenated alkanes) is 2. The van der Waals surface area contributed by atoms with Gasteiger partial charge in [-0.3, -0.25) is 4.79 Å². The summed E-state index contributed by atoms with van der Waals surface area (Å²) < 4.78 is 5.03. The van der Waals surface area contributed by atoms with Crippen molar-refractivity contribution in [1.29, 1.82) is 0 Å². The lowest BCUT2D eigenvalue weighted by atomic mass is 10.1. The number of benzene rings is 1. The minimum absolute atomic E-state index is 0.198. The number of carbonyl (C=O) groups is 1. The van der Waals surface area contributed by atoms with Crippen LogP contribution in [0, 0.1) is 11.8 Å². The van der Waals surface area contributed by atoms with Crippen molar-refractivity contribution < 1.29 is 14.6 Å². The molecule has 0 saturated carbocycles. The Morgan fingerprint density at radius 1 is 1.41 bits per heavy atom. The van der Waals surface area contributed by atoms with Crippen LogP contribution in [-0.4, -0.2) is 25.1 Å². The van der Waals surface area contributed by atoms with Gasteiger partial charge in [0.1, 0.15) is 5.75 Å². The molecule has 0 aliphatic heterocycles. The third-order valence-electron chi connectivity index (χ3n) is 2.32. The third kappa shape index (κ3) is 4.29. The van der Waals surface area contributed by atoms with Crippen LogP contribution in [0.5, 0.6) is 5.75 Å². The summed E-state index contributed by atoms with van der Waals surface area (Å²) in [5, 5.41) is 8.61. The second-order valence-electron chi connectivity index (χ2n) is 3.55. The Hall–Kier alpha value is -1.79. The second-order valence-corrected chi connectivity index (χ2v) is 3.55. The van der Waals surface area contributed by atoms with Crippen molar-refractivity contribution in [2.75, 3.05) is 13.7 Å². The molecule has 3 heteroatoms. The van der Waals surface area contributed by atoms with E-state index in [0.717, 1.165) is 25.5 Å². The minimum Gasteiger partial charge on any atom is -0.497 e. The maximum atomic E-state index is 10.9. The van der Waals surface area contributed by atoms with Crippen LogP contribution < -0.4 is 4.74 Å². The van der Waals surface area contributed by atoms with E-state index in [0.29, 0.717) is 16.9 Å². The number of aldehydes is 1. The molecule has 90 valence electrons. The molecule has 17 heavy (non-hydrogen) atoms. The Morgan fingerprint density at radius 2 is 2.24 bits per heavy atom. The van der Waals surface area contributed by atoms with E-state index in [4.69, 9.17) is 9.84 Å². The van der Waals surface area contributed by atoms with Gasteiger partial charge in [-0.05, 0) is 31.0 Å². The Morgan fingerprint density at radius 3 is 2.88 bits per heavy atom. The quantitative estimate of drug-likeness (QED) is 0.480. The summed E-state index contributed by atoms with van der Waals surface area (Å²) in [6, 6.07) is 5.23. The Kier molecular flexibility index (Phi) is 5.84. The van der Waals surface area contributed by atoms with Gasteiger partial charge in [-0.15, -0.1) is 0 Å². The molecule has 0 aromatic heterocycles. The predicted octanol–water partition coefficient (Wildman–Crippen LogP) is 2.02. The van der Waals surface area contributed by atoms with Crippen LogP contribution in [-0.2, 0) is 0 Å². The molecule has 0 heterocycles. The van der Waals surface area contributed by atoms with Crippen molar-refractivity contribution in [2.45, 2.75) is 19.3 Å². The molecule has 1 aromatic rings. The summed E-state index contributed by atoms with van der Waals surface area (Å²) >= 11 is 0. The van der Waals surface area contributed by atoms with E-state index in [1.807, 2.05) is 0 Å². The molecule has 0 radical (unpaired) electrons. The normalized spacial score (nSPS) is 9.29. The van der Waals surface area contributed by atoms with Crippen molar-refractivity contribution in [2.24, 2.45) is 0 Å². The molecule has 0 spiro atoms. The van der Waals surface area contributed by atoms with Crippen LogP contribution in [0.1, 0.15) is 35.2 Å². The van der Waals surface area contributed by atoms with Crippen molar-refractivity contribution >= 4 is 6.29 Å². The highest BCUT2D eigenvalue weighted by molar-refractivity contribution is 5.80. The van der Waals surface area contributed by atoms with Crippen LogP contribution in [0.2, 0.25) is 0 Å². The van der Waals surface area contributed by atoms with Crippen LogP contribution in [0.3, 0.4) is 0 Å². The van der Waals surface area contributed by atoms with Crippen LogP contribution in [0.4, 0.5) is 0 Å². The Bertz CT molecular complexity index is 427. The van der Waals surface area contributed by atoms with Crippen LogP contribution in [0.25, 0.3) is 0 Å². The van der Waals surface area contributed by atoms with E-state index in [2.05, 4.69) is 11.8 Å². The van der Waals surface area contributed by atoms with E-state index >= 15 is 0 Å². The number of aliphatic hydroxyl groups excluding tert-OH is 1. The zero-order valence-electron chi connectivity index (χ0n) is 9.90. The van der Waals surface area contributed by atoms with Crippen molar-refractivity contribution in [3.8, 4) is 17.6 Å². The summed E-state index contributed by atoms with van der Waals surface area (Å²) in [6.07, 6.45) is 3.14. The smallest absolute Gasteiger partial charge is 0.151 e.